The van der Waals surface area contributed by atoms with Crippen molar-refractivity contribution < 1.29 is 4.79 Å². The first-order valence-corrected chi connectivity index (χ1v) is 10.0. The van der Waals surface area contributed by atoms with Crippen molar-refractivity contribution in [3.8, 4) is 0 Å². The minimum atomic E-state index is -0.199. The summed E-state index contributed by atoms with van der Waals surface area (Å²) in [5, 5.41) is 10.7. The number of amides is 1. The summed E-state index contributed by atoms with van der Waals surface area (Å²) >= 11 is 0. The Morgan fingerprint density at radius 2 is 1.77 bits per heavy atom. The van der Waals surface area contributed by atoms with Crippen LogP contribution >= 0.6 is 0 Å². The molecule has 0 spiro atoms. The van der Waals surface area contributed by atoms with Gasteiger partial charge in [0.05, 0.1) is 12.2 Å². The molecule has 2 aromatic carbocycles. The molecule has 0 saturated carbocycles. The molecule has 1 aromatic heterocycles. The van der Waals surface area contributed by atoms with Gasteiger partial charge in [-0.05, 0) is 63.9 Å². The first-order valence-electron chi connectivity index (χ1n) is 10.0. The highest BCUT2D eigenvalue weighted by Gasteiger charge is 2.13. The number of hydrogen-bond donors (Lipinski definition) is 2. The topological polar surface area (TPSA) is 71.3 Å². The van der Waals surface area contributed by atoms with Gasteiger partial charge in [0, 0.05) is 29.6 Å². The summed E-state index contributed by atoms with van der Waals surface area (Å²) in [5.74, 6) is 0.216. The van der Waals surface area contributed by atoms with E-state index < -0.39 is 0 Å². The molecule has 0 bridgehead atoms. The zero-order valence-electron chi connectivity index (χ0n) is 18.5. The maximum atomic E-state index is 12.9. The number of benzene rings is 2. The molecule has 0 aliphatic heterocycles. The summed E-state index contributed by atoms with van der Waals surface area (Å²) in [6.07, 6.45) is 0. The Hall–Kier alpha value is -3.41. The smallest absolute Gasteiger partial charge is 0.257 e. The summed E-state index contributed by atoms with van der Waals surface area (Å²) in [6, 6.07) is 13.7. The summed E-state index contributed by atoms with van der Waals surface area (Å²) < 4.78 is 1.85. The maximum Gasteiger partial charge on any atom is 0.257 e. The van der Waals surface area contributed by atoms with Gasteiger partial charge in [-0.15, -0.1) is 0 Å². The minimum absolute atomic E-state index is 0.199. The van der Waals surface area contributed by atoms with Crippen LogP contribution in [0.25, 0.3) is 0 Å². The van der Waals surface area contributed by atoms with Gasteiger partial charge >= 0.3 is 0 Å². The van der Waals surface area contributed by atoms with Gasteiger partial charge in [0.1, 0.15) is 0 Å². The van der Waals surface area contributed by atoms with Crippen LogP contribution in [0.15, 0.2) is 47.5 Å². The van der Waals surface area contributed by atoms with Crippen molar-refractivity contribution in [3.05, 3.63) is 81.7 Å². The number of guanidine groups is 1. The van der Waals surface area contributed by atoms with Gasteiger partial charge < -0.3 is 5.32 Å². The van der Waals surface area contributed by atoms with Crippen LogP contribution in [0.3, 0.4) is 0 Å². The van der Waals surface area contributed by atoms with Gasteiger partial charge in [0.2, 0.25) is 5.96 Å². The minimum Gasteiger partial charge on any atom is -0.326 e. The van der Waals surface area contributed by atoms with Crippen LogP contribution in [-0.2, 0) is 13.6 Å². The molecule has 3 rings (SSSR count). The molecule has 6 nitrogen and oxygen atoms in total. The molecular weight excluding hydrogens is 374 g/mol. The first kappa shape index (κ1) is 21.3. The van der Waals surface area contributed by atoms with E-state index in [0.717, 1.165) is 39.3 Å². The van der Waals surface area contributed by atoms with Crippen LogP contribution in [0, 0.1) is 34.6 Å². The van der Waals surface area contributed by atoms with E-state index in [1.807, 2.05) is 76.7 Å². The predicted octanol–water partition coefficient (Wildman–Crippen LogP) is 4.36. The van der Waals surface area contributed by atoms with E-state index in [1.165, 1.54) is 0 Å². The number of nitrogens with one attached hydrogen (secondary N) is 2. The van der Waals surface area contributed by atoms with Gasteiger partial charge in [-0.25, -0.2) is 4.99 Å². The molecule has 0 saturated heterocycles. The normalized spacial score (nSPS) is 11.5. The Balaban J connectivity index is 1.91. The van der Waals surface area contributed by atoms with E-state index >= 15 is 0 Å². The number of anilines is 1. The van der Waals surface area contributed by atoms with Crippen LogP contribution in [0.1, 0.15) is 44.0 Å². The van der Waals surface area contributed by atoms with Crippen LogP contribution in [-0.4, -0.2) is 21.6 Å². The van der Waals surface area contributed by atoms with E-state index in [1.54, 1.807) is 6.07 Å². The van der Waals surface area contributed by atoms with E-state index in [2.05, 4.69) is 21.8 Å². The second kappa shape index (κ2) is 8.95. The fourth-order valence-corrected chi connectivity index (χ4v) is 3.28. The Bertz CT molecular complexity index is 1110. The summed E-state index contributed by atoms with van der Waals surface area (Å²) in [4.78, 5) is 17.6. The van der Waals surface area contributed by atoms with Crippen molar-refractivity contribution >= 4 is 17.6 Å². The highest BCUT2D eigenvalue weighted by atomic mass is 16.1. The lowest BCUT2D eigenvalue weighted by Gasteiger charge is -2.14. The van der Waals surface area contributed by atoms with Gasteiger partial charge in [-0.2, -0.15) is 5.10 Å². The van der Waals surface area contributed by atoms with Crippen LogP contribution in [0.5, 0.6) is 0 Å². The average Bonchev–Trinajstić information content (AvgIpc) is 2.94. The van der Waals surface area contributed by atoms with Gasteiger partial charge in [0.25, 0.3) is 5.91 Å². The molecule has 1 amide bonds. The van der Waals surface area contributed by atoms with Crippen LogP contribution < -0.4 is 10.6 Å². The van der Waals surface area contributed by atoms with Crippen molar-refractivity contribution in [2.24, 2.45) is 12.0 Å². The van der Waals surface area contributed by atoms with Crippen molar-refractivity contribution in [3.63, 3.8) is 0 Å². The zero-order chi connectivity index (χ0) is 21.8. The third-order valence-electron chi connectivity index (χ3n) is 5.21. The molecule has 0 radical (unpaired) electrons. The number of aryl methyl sites for hydroxylation is 5. The third kappa shape index (κ3) is 4.95. The Morgan fingerprint density at radius 1 is 1.03 bits per heavy atom. The maximum absolute atomic E-state index is 12.9. The SMILES string of the molecule is Cc1cccc(C(=O)NC(=NCc2c(C)nn(C)c2C)Nc2cc(C)ccc2C)c1. The largest absolute Gasteiger partial charge is 0.326 e. The van der Waals surface area contributed by atoms with Crippen LogP contribution in [0.4, 0.5) is 5.69 Å². The fourth-order valence-electron chi connectivity index (χ4n) is 3.28. The molecular formula is C24H29N5O. The number of nitrogens with zero attached hydrogens (tertiary/aromatic N) is 3. The van der Waals surface area contributed by atoms with Gasteiger partial charge in [-0.3, -0.25) is 14.8 Å². The second-order valence-electron chi connectivity index (χ2n) is 7.70. The molecule has 0 atom stereocenters. The number of carbonyl (C=O) groups is 1. The number of carbonyl (C=O) groups excluding carboxylic acids is 1. The summed E-state index contributed by atoms with van der Waals surface area (Å²) in [5.41, 5.74) is 7.81. The molecule has 0 fully saturated rings. The number of aromatic nitrogens is 2. The lowest BCUT2D eigenvalue weighted by atomic mass is 10.1. The zero-order valence-corrected chi connectivity index (χ0v) is 18.5. The predicted molar refractivity (Wildman–Crippen MR) is 122 cm³/mol. The molecule has 0 aliphatic rings. The number of rotatable bonds is 4. The molecule has 1 heterocycles. The molecule has 0 unspecified atom stereocenters. The average molecular weight is 404 g/mol. The van der Waals surface area contributed by atoms with E-state index in [4.69, 9.17) is 4.99 Å². The molecule has 2 N–H and O–H groups in total. The molecule has 6 heteroatoms. The van der Waals surface area contributed by atoms with Crippen molar-refractivity contribution in [1.29, 1.82) is 0 Å². The lowest BCUT2D eigenvalue weighted by Crippen LogP contribution is -2.36. The first-order chi connectivity index (χ1) is 14.2. The quantitative estimate of drug-likeness (QED) is 0.502. The molecule has 156 valence electrons. The Labute approximate surface area is 178 Å². The van der Waals surface area contributed by atoms with Gasteiger partial charge in [0.15, 0.2) is 0 Å². The Kier molecular flexibility index (Phi) is 6.35. The fraction of sp³-hybridized carbons (Fsp3) is 0.292. The Morgan fingerprint density at radius 3 is 2.43 bits per heavy atom. The number of aliphatic imine (C=N–C) groups is 1. The van der Waals surface area contributed by atoms with E-state index in [-0.39, 0.29) is 5.91 Å². The highest BCUT2D eigenvalue weighted by molar-refractivity contribution is 6.10. The van der Waals surface area contributed by atoms with Crippen molar-refractivity contribution in [2.75, 3.05) is 5.32 Å². The molecule has 30 heavy (non-hydrogen) atoms. The third-order valence-corrected chi connectivity index (χ3v) is 5.21. The van der Waals surface area contributed by atoms with Gasteiger partial charge in [-0.1, -0.05) is 29.8 Å². The van der Waals surface area contributed by atoms with Crippen molar-refractivity contribution in [1.82, 2.24) is 15.1 Å². The second-order valence-corrected chi connectivity index (χ2v) is 7.70. The molecule has 3 aromatic rings. The molecule has 0 aliphatic carbocycles. The van der Waals surface area contributed by atoms with E-state index in [9.17, 15) is 4.79 Å². The standard InChI is InChI=1S/C24H29N5O/c1-15-8-7-9-20(12-15)23(30)27-24(26-22-13-16(2)10-11-17(22)3)25-14-21-18(4)28-29(6)19(21)5/h7-13H,14H2,1-6H3,(H2,25,26,27,30). The monoisotopic (exact) mass is 403 g/mol. The van der Waals surface area contributed by atoms with E-state index in [0.29, 0.717) is 18.1 Å². The number of hydrogen-bond acceptors (Lipinski definition) is 3. The highest BCUT2D eigenvalue weighted by Crippen LogP contribution is 2.17. The van der Waals surface area contributed by atoms with Crippen LogP contribution in [0.2, 0.25) is 0 Å². The summed E-state index contributed by atoms with van der Waals surface area (Å²) in [6.45, 7) is 10.4. The lowest BCUT2D eigenvalue weighted by molar-refractivity contribution is 0.0977. The summed E-state index contributed by atoms with van der Waals surface area (Å²) in [7, 11) is 1.92. The van der Waals surface area contributed by atoms with Crippen molar-refractivity contribution in [2.45, 2.75) is 41.2 Å².